The highest BCUT2D eigenvalue weighted by atomic mass is 32.2. The lowest BCUT2D eigenvalue weighted by atomic mass is 10.0. The summed E-state index contributed by atoms with van der Waals surface area (Å²) in [7, 11) is 0. The second-order valence-electron chi connectivity index (χ2n) is 3.96. The predicted molar refractivity (Wildman–Crippen MR) is 80.3 cm³/mol. The van der Waals surface area contributed by atoms with E-state index in [9.17, 15) is 0 Å². The molecule has 96 valence electrons. The van der Waals surface area contributed by atoms with Crippen LogP contribution in [0.25, 0.3) is 0 Å². The summed E-state index contributed by atoms with van der Waals surface area (Å²) >= 11 is 3.64. The van der Waals surface area contributed by atoms with Crippen LogP contribution < -0.4 is 11.5 Å². The van der Waals surface area contributed by atoms with Gasteiger partial charge in [0, 0.05) is 9.79 Å². The average Bonchev–Trinajstić information content (AvgIpc) is 2.30. The molecule has 4 heteroatoms. The molecule has 17 heavy (non-hydrogen) atoms. The first kappa shape index (κ1) is 14.9. The fourth-order valence-electron chi connectivity index (χ4n) is 2.18. The molecule has 0 spiro atoms. The van der Waals surface area contributed by atoms with Crippen molar-refractivity contribution in [1.82, 2.24) is 0 Å². The lowest BCUT2D eigenvalue weighted by Gasteiger charge is -2.17. The van der Waals surface area contributed by atoms with Crippen LogP contribution in [0.2, 0.25) is 0 Å². The van der Waals surface area contributed by atoms with Crippen molar-refractivity contribution < 1.29 is 0 Å². The molecule has 0 aliphatic heterocycles. The van der Waals surface area contributed by atoms with Gasteiger partial charge in [-0.2, -0.15) is 0 Å². The molecule has 0 heterocycles. The highest BCUT2D eigenvalue weighted by molar-refractivity contribution is 7.99. The van der Waals surface area contributed by atoms with Gasteiger partial charge in [-0.05, 0) is 62.1 Å². The fraction of sp³-hybridized carbons (Fsp3) is 0.538. The van der Waals surface area contributed by atoms with Gasteiger partial charge < -0.3 is 11.5 Å². The molecule has 0 aromatic heterocycles. The molecule has 0 unspecified atom stereocenters. The molecule has 0 atom stereocenters. The van der Waals surface area contributed by atoms with Gasteiger partial charge in [-0.3, -0.25) is 0 Å². The Balaban J connectivity index is 3.31. The highest BCUT2D eigenvalue weighted by Gasteiger charge is 2.13. The quantitative estimate of drug-likeness (QED) is 0.780. The zero-order valence-corrected chi connectivity index (χ0v) is 12.5. The van der Waals surface area contributed by atoms with Crippen LogP contribution in [0.1, 0.15) is 16.7 Å². The second kappa shape index (κ2) is 7.31. The Bertz CT molecular complexity index is 346. The summed E-state index contributed by atoms with van der Waals surface area (Å²) < 4.78 is 0. The Morgan fingerprint density at radius 3 is 1.65 bits per heavy atom. The van der Waals surface area contributed by atoms with Crippen molar-refractivity contribution in [1.29, 1.82) is 0 Å². The van der Waals surface area contributed by atoms with Gasteiger partial charge in [0.2, 0.25) is 0 Å². The molecule has 0 aliphatic rings. The lowest BCUT2D eigenvalue weighted by Crippen LogP contribution is -2.09. The molecule has 0 bridgehead atoms. The van der Waals surface area contributed by atoms with Crippen molar-refractivity contribution in [2.75, 3.05) is 25.6 Å². The van der Waals surface area contributed by atoms with Crippen LogP contribution in [-0.2, 0) is 12.8 Å². The summed E-state index contributed by atoms with van der Waals surface area (Å²) in [4.78, 5) is 2.78. The van der Waals surface area contributed by atoms with E-state index in [1.807, 2.05) is 23.5 Å². The molecular formula is C13H22N2S2. The monoisotopic (exact) mass is 270 g/mol. The average molecular weight is 270 g/mol. The van der Waals surface area contributed by atoms with Crippen LogP contribution in [0.3, 0.4) is 0 Å². The molecule has 0 aliphatic carbocycles. The minimum atomic E-state index is 0.702. The molecule has 1 aromatic carbocycles. The maximum absolute atomic E-state index is 5.69. The molecule has 1 aromatic rings. The molecular weight excluding hydrogens is 248 g/mol. The van der Waals surface area contributed by atoms with E-state index in [0.717, 1.165) is 12.8 Å². The zero-order chi connectivity index (χ0) is 12.8. The van der Waals surface area contributed by atoms with Crippen molar-refractivity contribution in [3.8, 4) is 0 Å². The maximum Gasteiger partial charge on any atom is 0.0142 e. The summed E-state index contributed by atoms with van der Waals surface area (Å²) in [5.41, 5.74) is 15.5. The first-order chi connectivity index (χ1) is 8.19. The van der Waals surface area contributed by atoms with E-state index in [1.54, 1.807) is 0 Å². The van der Waals surface area contributed by atoms with Gasteiger partial charge in [-0.1, -0.05) is 6.07 Å². The van der Waals surface area contributed by atoms with Crippen molar-refractivity contribution in [3.05, 3.63) is 22.8 Å². The minimum absolute atomic E-state index is 0.702. The third kappa shape index (κ3) is 3.41. The number of hydrogen-bond acceptors (Lipinski definition) is 4. The normalized spacial score (nSPS) is 10.9. The Morgan fingerprint density at radius 2 is 1.35 bits per heavy atom. The SMILES string of the molecule is CSc1c(CCN)cc(CCN)c(SC)c1C. The number of rotatable bonds is 6. The van der Waals surface area contributed by atoms with Crippen molar-refractivity contribution in [2.45, 2.75) is 29.6 Å². The van der Waals surface area contributed by atoms with E-state index >= 15 is 0 Å². The van der Waals surface area contributed by atoms with E-state index in [2.05, 4.69) is 25.5 Å². The number of benzene rings is 1. The highest BCUT2D eigenvalue weighted by Crippen LogP contribution is 2.35. The Morgan fingerprint density at radius 1 is 0.941 bits per heavy atom. The number of nitrogens with two attached hydrogens (primary N) is 2. The van der Waals surface area contributed by atoms with Gasteiger partial charge >= 0.3 is 0 Å². The van der Waals surface area contributed by atoms with Crippen LogP contribution >= 0.6 is 23.5 Å². The van der Waals surface area contributed by atoms with Crippen LogP contribution in [0.5, 0.6) is 0 Å². The molecule has 0 amide bonds. The zero-order valence-electron chi connectivity index (χ0n) is 10.9. The summed E-state index contributed by atoms with van der Waals surface area (Å²) in [5.74, 6) is 0. The van der Waals surface area contributed by atoms with Gasteiger partial charge in [0.25, 0.3) is 0 Å². The second-order valence-corrected chi connectivity index (χ2v) is 5.60. The first-order valence-corrected chi connectivity index (χ1v) is 8.28. The Hall–Kier alpha value is -0.160. The third-order valence-electron chi connectivity index (χ3n) is 2.85. The minimum Gasteiger partial charge on any atom is -0.330 e. The van der Waals surface area contributed by atoms with E-state index in [1.165, 1.54) is 26.5 Å². The largest absolute Gasteiger partial charge is 0.330 e. The first-order valence-electron chi connectivity index (χ1n) is 5.83. The van der Waals surface area contributed by atoms with Crippen molar-refractivity contribution in [3.63, 3.8) is 0 Å². The van der Waals surface area contributed by atoms with Gasteiger partial charge in [0.15, 0.2) is 0 Å². The van der Waals surface area contributed by atoms with Crippen LogP contribution in [0, 0.1) is 6.92 Å². The van der Waals surface area contributed by atoms with Crippen LogP contribution in [-0.4, -0.2) is 25.6 Å². The molecule has 2 nitrogen and oxygen atoms in total. The molecule has 0 saturated heterocycles. The van der Waals surface area contributed by atoms with E-state index < -0.39 is 0 Å². The van der Waals surface area contributed by atoms with E-state index in [4.69, 9.17) is 11.5 Å². The van der Waals surface area contributed by atoms with Gasteiger partial charge in [-0.15, -0.1) is 23.5 Å². The van der Waals surface area contributed by atoms with Gasteiger partial charge in [-0.25, -0.2) is 0 Å². The predicted octanol–water partition coefficient (Wildman–Crippen LogP) is 2.44. The van der Waals surface area contributed by atoms with E-state index in [-0.39, 0.29) is 0 Å². The summed E-state index contributed by atoms with van der Waals surface area (Å²) in [6.45, 7) is 3.61. The maximum atomic E-state index is 5.69. The molecule has 0 fully saturated rings. The van der Waals surface area contributed by atoms with E-state index in [0.29, 0.717) is 13.1 Å². The Labute approximate surface area is 113 Å². The van der Waals surface area contributed by atoms with Crippen LogP contribution in [0.4, 0.5) is 0 Å². The van der Waals surface area contributed by atoms with Gasteiger partial charge in [0.1, 0.15) is 0 Å². The topological polar surface area (TPSA) is 52.0 Å². The fourth-order valence-corrected chi connectivity index (χ4v) is 3.90. The molecule has 0 saturated carbocycles. The van der Waals surface area contributed by atoms with Crippen molar-refractivity contribution in [2.24, 2.45) is 11.5 Å². The van der Waals surface area contributed by atoms with Gasteiger partial charge in [0.05, 0.1) is 0 Å². The van der Waals surface area contributed by atoms with Crippen LogP contribution in [0.15, 0.2) is 15.9 Å². The molecule has 1 rings (SSSR count). The third-order valence-corrected chi connectivity index (χ3v) is 4.80. The molecule has 0 radical (unpaired) electrons. The molecule has 4 N–H and O–H groups in total. The lowest BCUT2D eigenvalue weighted by molar-refractivity contribution is 0.888. The summed E-state index contributed by atoms with van der Waals surface area (Å²) in [6.07, 6.45) is 6.16. The standard InChI is InChI=1S/C13H22N2S2/c1-9-12(16-2)10(4-6-14)8-11(5-7-15)13(9)17-3/h8H,4-7,14-15H2,1-3H3. The smallest absolute Gasteiger partial charge is 0.0142 e. The Kier molecular flexibility index (Phi) is 6.41. The number of hydrogen-bond donors (Lipinski definition) is 2. The van der Waals surface area contributed by atoms with Crippen molar-refractivity contribution >= 4 is 23.5 Å². The summed E-state index contributed by atoms with van der Waals surface area (Å²) in [6, 6.07) is 2.30. The number of thioether (sulfide) groups is 2. The summed E-state index contributed by atoms with van der Waals surface area (Å²) in [5, 5.41) is 0.